The molecule has 0 saturated heterocycles. The third kappa shape index (κ3) is 5.09. The Morgan fingerprint density at radius 3 is 2.48 bits per heavy atom. The van der Waals surface area contributed by atoms with Gasteiger partial charge in [0.2, 0.25) is 10.0 Å². The van der Waals surface area contributed by atoms with Crippen LogP contribution in [0, 0.1) is 6.92 Å². The molecule has 2 N–H and O–H groups in total. The fourth-order valence-corrected chi connectivity index (χ4v) is 3.05. The minimum atomic E-state index is -3.50. The summed E-state index contributed by atoms with van der Waals surface area (Å²) in [5.74, 6) is 0. The molecule has 2 rings (SSSR count). The van der Waals surface area contributed by atoms with Crippen LogP contribution in [-0.2, 0) is 10.0 Å². The molecule has 0 radical (unpaired) electrons. The number of nitrogens with zero attached hydrogens (tertiary/aromatic N) is 2. The highest BCUT2D eigenvalue weighted by Crippen LogP contribution is 2.21. The number of hydrazone groups is 1. The lowest BCUT2D eigenvalue weighted by atomic mass is 10.2. The van der Waals surface area contributed by atoms with Crippen LogP contribution in [-0.4, -0.2) is 38.1 Å². The van der Waals surface area contributed by atoms with Gasteiger partial charge in [-0.3, -0.25) is 5.43 Å². The van der Waals surface area contributed by atoms with Gasteiger partial charge in [-0.05, 0) is 42.4 Å². The number of thiocarbonyl (C=S) groups is 1. The Kier molecular flexibility index (Phi) is 6.24. The molecule has 0 atom stereocenters. The molecule has 0 aromatic heterocycles. The first-order valence-electron chi connectivity index (χ1n) is 7.49. The zero-order valence-corrected chi connectivity index (χ0v) is 15.9. The van der Waals surface area contributed by atoms with E-state index in [0.29, 0.717) is 5.69 Å². The van der Waals surface area contributed by atoms with Gasteiger partial charge in [0.05, 0.1) is 11.1 Å². The molecule has 0 spiro atoms. The van der Waals surface area contributed by atoms with Crippen molar-refractivity contribution < 1.29 is 8.42 Å². The Balaban J connectivity index is 2.09. The lowest BCUT2D eigenvalue weighted by molar-refractivity contribution is 0.521. The predicted octanol–water partition coefficient (Wildman–Crippen LogP) is 2.57. The van der Waals surface area contributed by atoms with Gasteiger partial charge in [-0.2, -0.15) is 5.10 Å². The van der Waals surface area contributed by atoms with Crippen molar-refractivity contribution in [1.29, 1.82) is 0 Å². The lowest BCUT2D eigenvalue weighted by Gasteiger charge is -2.15. The summed E-state index contributed by atoms with van der Waals surface area (Å²) in [4.78, 5) is 0.196. The maximum Gasteiger partial charge on any atom is 0.242 e. The maximum absolute atomic E-state index is 12.2. The van der Waals surface area contributed by atoms with Crippen molar-refractivity contribution in [1.82, 2.24) is 9.73 Å². The summed E-state index contributed by atoms with van der Waals surface area (Å²) in [6.07, 6.45) is 1.65. The van der Waals surface area contributed by atoms with Crippen LogP contribution in [0.3, 0.4) is 0 Å². The quantitative estimate of drug-likeness (QED) is 0.477. The molecule has 0 heterocycles. The van der Waals surface area contributed by atoms with Crippen molar-refractivity contribution in [3.05, 3.63) is 59.7 Å². The second-order valence-corrected chi connectivity index (χ2v) is 8.06. The van der Waals surface area contributed by atoms with E-state index in [2.05, 4.69) is 15.8 Å². The molecular weight excluding hydrogens is 356 g/mol. The molecule has 0 unspecified atom stereocenters. The molecule has 2 aromatic carbocycles. The van der Waals surface area contributed by atoms with E-state index < -0.39 is 10.0 Å². The van der Waals surface area contributed by atoms with Gasteiger partial charge in [0, 0.05) is 19.8 Å². The fraction of sp³-hybridized carbons (Fsp3) is 0.176. The third-order valence-corrected chi connectivity index (χ3v) is 5.42. The van der Waals surface area contributed by atoms with Gasteiger partial charge in [-0.25, -0.2) is 12.7 Å². The second kappa shape index (κ2) is 8.19. The first-order valence-corrected chi connectivity index (χ1v) is 9.34. The van der Waals surface area contributed by atoms with Crippen molar-refractivity contribution in [2.24, 2.45) is 5.10 Å². The SMILES string of the molecule is Cc1ccc(S(=O)(=O)N(C)C)cc1NC(=S)NN=Cc1ccccc1. The molecule has 6 nitrogen and oxygen atoms in total. The van der Waals surface area contributed by atoms with E-state index in [1.54, 1.807) is 24.4 Å². The first-order chi connectivity index (χ1) is 11.8. The van der Waals surface area contributed by atoms with Crippen LogP contribution in [0.2, 0.25) is 0 Å². The molecule has 0 fully saturated rings. The minimum absolute atomic E-state index is 0.196. The van der Waals surface area contributed by atoms with Gasteiger partial charge in [0.15, 0.2) is 5.11 Å². The van der Waals surface area contributed by atoms with Crippen LogP contribution >= 0.6 is 12.2 Å². The largest absolute Gasteiger partial charge is 0.331 e. The van der Waals surface area contributed by atoms with Gasteiger partial charge < -0.3 is 5.32 Å². The highest BCUT2D eigenvalue weighted by Gasteiger charge is 2.18. The Labute approximate surface area is 153 Å². The molecule has 0 aliphatic carbocycles. The molecule has 0 saturated carbocycles. The van der Waals surface area contributed by atoms with E-state index in [-0.39, 0.29) is 10.0 Å². The van der Waals surface area contributed by atoms with E-state index in [4.69, 9.17) is 12.2 Å². The number of nitrogens with one attached hydrogen (secondary N) is 2. The molecular formula is C17H20N4O2S2. The topological polar surface area (TPSA) is 73.8 Å². The van der Waals surface area contributed by atoms with Crippen LogP contribution in [0.15, 0.2) is 58.5 Å². The average Bonchev–Trinajstić information content (AvgIpc) is 2.57. The van der Waals surface area contributed by atoms with E-state index >= 15 is 0 Å². The van der Waals surface area contributed by atoms with Gasteiger partial charge in [-0.15, -0.1) is 0 Å². The maximum atomic E-state index is 12.2. The predicted molar refractivity (Wildman–Crippen MR) is 105 cm³/mol. The summed E-state index contributed by atoms with van der Waals surface area (Å²) in [6.45, 7) is 1.87. The van der Waals surface area contributed by atoms with Gasteiger partial charge in [-0.1, -0.05) is 36.4 Å². The molecule has 0 bridgehead atoms. The normalized spacial score (nSPS) is 11.7. The minimum Gasteiger partial charge on any atom is -0.331 e. The Morgan fingerprint density at radius 2 is 1.84 bits per heavy atom. The number of hydrogen-bond donors (Lipinski definition) is 2. The van der Waals surface area contributed by atoms with Crippen LogP contribution in [0.4, 0.5) is 5.69 Å². The van der Waals surface area contributed by atoms with Crippen molar-refractivity contribution in [3.8, 4) is 0 Å². The summed E-state index contributed by atoms with van der Waals surface area (Å²) in [5.41, 5.74) is 5.13. The van der Waals surface area contributed by atoms with Gasteiger partial charge in [0.1, 0.15) is 0 Å². The highest BCUT2D eigenvalue weighted by molar-refractivity contribution is 7.89. The zero-order valence-electron chi connectivity index (χ0n) is 14.2. The van der Waals surface area contributed by atoms with Crippen molar-refractivity contribution in [2.45, 2.75) is 11.8 Å². The lowest BCUT2D eigenvalue weighted by Crippen LogP contribution is -2.25. The van der Waals surface area contributed by atoms with Crippen LogP contribution in [0.5, 0.6) is 0 Å². The van der Waals surface area contributed by atoms with Crippen molar-refractivity contribution >= 4 is 39.3 Å². The molecule has 25 heavy (non-hydrogen) atoms. The summed E-state index contributed by atoms with van der Waals surface area (Å²) < 4.78 is 25.6. The number of anilines is 1. The zero-order chi connectivity index (χ0) is 18.4. The molecule has 0 aliphatic rings. The van der Waals surface area contributed by atoms with E-state index in [1.807, 2.05) is 37.3 Å². The van der Waals surface area contributed by atoms with Gasteiger partial charge >= 0.3 is 0 Å². The van der Waals surface area contributed by atoms with Crippen molar-refractivity contribution in [3.63, 3.8) is 0 Å². The smallest absolute Gasteiger partial charge is 0.242 e. The van der Waals surface area contributed by atoms with Crippen LogP contribution in [0.1, 0.15) is 11.1 Å². The summed E-state index contributed by atoms with van der Waals surface area (Å²) in [6, 6.07) is 14.4. The standard InChI is InChI=1S/C17H20N4O2S2/c1-13-9-10-15(25(22,23)21(2)3)11-16(13)19-17(24)20-18-12-14-7-5-4-6-8-14/h4-12H,1-3H3,(H2,19,20,24). The molecule has 0 aliphatic heterocycles. The average molecular weight is 377 g/mol. The molecule has 8 heteroatoms. The number of sulfonamides is 1. The first kappa shape index (κ1) is 19.0. The summed E-state index contributed by atoms with van der Waals surface area (Å²) >= 11 is 5.20. The Bertz CT molecular complexity index is 879. The third-order valence-electron chi connectivity index (χ3n) is 3.42. The monoisotopic (exact) mass is 376 g/mol. The highest BCUT2D eigenvalue weighted by atomic mass is 32.2. The van der Waals surface area contributed by atoms with Crippen LogP contribution < -0.4 is 10.7 Å². The Hall–Kier alpha value is -2.29. The molecule has 2 aromatic rings. The molecule has 132 valence electrons. The number of benzene rings is 2. The van der Waals surface area contributed by atoms with E-state index in [9.17, 15) is 8.42 Å². The number of hydrogen-bond acceptors (Lipinski definition) is 4. The number of aryl methyl sites for hydroxylation is 1. The van der Waals surface area contributed by atoms with Crippen LogP contribution in [0.25, 0.3) is 0 Å². The van der Waals surface area contributed by atoms with E-state index in [0.717, 1.165) is 11.1 Å². The molecule has 0 amide bonds. The number of rotatable bonds is 5. The van der Waals surface area contributed by atoms with Crippen molar-refractivity contribution in [2.75, 3.05) is 19.4 Å². The van der Waals surface area contributed by atoms with Gasteiger partial charge in [0.25, 0.3) is 0 Å². The Morgan fingerprint density at radius 1 is 1.16 bits per heavy atom. The van der Waals surface area contributed by atoms with E-state index in [1.165, 1.54) is 18.4 Å². The summed E-state index contributed by atoms with van der Waals surface area (Å²) in [5, 5.41) is 7.31. The second-order valence-electron chi connectivity index (χ2n) is 5.50. The fourth-order valence-electron chi connectivity index (χ4n) is 1.96. The summed E-state index contributed by atoms with van der Waals surface area (Å²) in [7, 11) is -0.519.